The Bertz CT molecular complexity index is 1590. The molecule has 0 radical (unpaired) electrons. The zero-order valence-corrected chi connectivity index (χ0v) is 14.9. The number of imidazole rings is 1. The molecule has 4 aromatic heterocycles. The molecular weight excluding hydrogens is 344 g/mol. The van der Waals surface area contributed by atoms with E-state index in [1.807, 2.05) is 30.9 Å². The summed E-state index contributed by atoms with van der Waals surface area (Å²) in [6.07, 6.45) is 8.49. The lowest BCUT2D eigenvalue weighted by atomic mass is 9.96. The molecule has 0 amide bonds. The van der Waals surface area contributed by atoms with E-state index in [1.165, 1.54) is 27.6 Å². The van der Waals surface area contributed by atoms with Crippen LogP contribution in [0.2, 0.25) is 0 Å². The van der Waals surface area contributed by atoms with Crippen molar-refractivity contribution in [2.24, 2.45) is 0 Å². The summed E-state index contributed by atoms with van der Waals surface area (Å²) in [4.78, 5) is 13.7. The molecule has 4 heteroatoms. The van der Waals surface area contributed by atoms with Crippen LogP contribution in [0.3, 0.4) is 0 Å². The summed E-state index contributed by atoms with van der Waals surface area (Å²) in [5.41, 5.74) is 9.51. The first kappa shape index (κ1) is 14.3. The Balaban J connectivity index is 1.82. The molecule has 0 atom stereocenters. The Kier molecular flexibility index (Phi) is 2.51. The number of rotatable bonds is 0. The molecule has 130 valence electrons. The molecule has 0 bridgehead atoms. The van der Waals surface area contributed by atoms with Crippen molar-refractivity contribution in [3.8, 4) is 11.1 Å². The van der Waals surface area contributed by atoms with E-state index < -0.39 is 0 Å². The van der Waals surface area contributed by atoms with Gasteiger partial charge in [0.05, 0.1) is 17.2 Å². The van der Waals surface area contributed by atoms with Crippen molar-refractivity contribution in [2.75, 3.05) is 0 Å². The summed E-state index contributed by atoms with van der Waals surface area (Å²) in [7, 11) is 0. The van der Waals surface area contributed by atoms with E-state index in [2.05, 4.69) is 56.8 Å². The van der Waals surface area contributed by atoms with Crippen LogP contribution in [0.5, 0.6) is 0 Å². The number of nitrogens with zero attached hydrogens (tertiary/aromatic N) is 4. The summed E-state index contributed by atoms with van der Waals surface area (Å²) >= 11 is 0. The van der Waals surface area contributed by atoms with Crippen LogP contribution in [0, 0.1) is 0 Å². The number of hydrogen-bond donors (Lipinski definition) is 0. The number of pyridine rings is 3. The van der Waals surface area contributed by atoms with Crippen LogP contribution in [-0.4, -0.2) is 19.4 Å². The molecule has 0 saturated heterocycles. The van der Waals surface area contributed by atoms with Gasteiger partial charge in [-0.15, -0.1) is 0 Å². The van der Waals surface area contributed by atoms with Crippen LogP contribution in [0.15, 0.2) is 73.3 Å². The molecule has 1 aliphatic rings. The van der Waals surface area contributed by atoms with Crippen LogP contribution in [0.1, 0.15) is 11.1 Å². The van der Waals surface area contributed by atoms with Crippen LogP contribution >= 0.6 is 0 Å². The van der Waals surface area contributed by atoms with Crippen molar-refractivity contribution in [3.63, 3.8) is 0 Å². The molecule has 7 rings (SSSR count). The van der Waals surface area contributed by atoms with Gasteiger partial charge in [-0.2, -0.15) is 0 Å². The van der Waals surface area contributed by atoms with Crippen molar-refractivity contribution < 1.29 is 0 Å². The van der Waals surface area contributed by atoms with E-state index >= 15 is 0 Å². The second kappa shape index (κ2) is 4.93. The van der Waals surface area contributed by atoms with Crippen LogP contribution in [0.25, 0.3) is 49.5 Å². The second-order valence-corrected chi connectivity index (χ2v) is 7.38. The number of hydrogen-bond acceptors (Lipinski definition) is 3. The van der Waals surface area contributed by atoms with E-state index in [0.717, 1.165) is 39.4 Å². The third kappa shape index (κ3) is 1.63. The SMILES string of the molecule is c1ccc2c(c1)Cc1ccc3c(c1-2)c1cnccc1n1c2ccncc2nc31. The van der Waals surface area contributed by atoms with Gasteiger partial charge < -0.3 is 0 Å². The Hall–Kier alpha value is -3.79. The molecule has 0 aliphatic heterocycles. The molecule has 4 nitrogen and oxygen atoms in total. The number of fused-ring (bicyclic) bond motifs is 12. The zero-order chi connectivity index (χ0) is 18.2. The maximum atomic E-state index is 4.95. The van der Waals surface area contributed by atoms with Gasteiger partial charge >= 0.3 is 0 Å². The van der Waals surface area contributed by atoms with E-state index in [-0.39, 0.29) is 0 Å². The van der Waals surface area contributed by atoms with Gasteiger partial charge in [0.25, 0.3) is 0 Å². The molecule has 0 N–H and O–H groups in total. The summed E-state index contributed by atoms with van der Waals surface area (Å²) in [5.74, 6) is 0. The molecule has 2 aromatic carbocycles. The number of aromatic nitrogens is 4. The molecule has 6 aromatic rings. The highest BCUT2D eigenvalue weighted by molar-refractivity contribution is 6.20. The fraction of sp³-hybridized carbons (Fsp3) is 0.0417. The van der Waals surface area contributed by atoms with Gasteiger partial charge in [0.15, 0.2) is 0 Å². The molecule has 0 fully saturated rings. The van der Waals surface area contributed by atoms with Crippen molar-refractivity contribution in [3.05, 3.63) is 84.4 Å². The largest absolute Gasteiger partial charge is 0.291 e. The highest BCUT2D eigenvalue weighted by atomic mass is 15.0. The molecular formula is C24H14N4. The Morgan fingerprint density at radius 3 is 2.57 bits per heavy atom. The highest BCUT2D eigenvalue weighted by Gasteiger charge is 2.24. The van der Waals surface area contributed by atoms with Crippen molar-refractivity contribution in [1.82, 2.24) is 19.4 Å². The molecule has 1 aliphatic carbocycles. The van der Waals surface area contributed by atoms with Gasteiger partial charge in [-0.25, -0.2) is 4.98 Å². The highest BCUT2D eigenvalue weighted by Crippen LogP contribution is 2.44. The lowest BCUT2D eigenvalue weighted by molar-refractivity contribution is 1.26. The maximum Gasteiger partial charge on any atom is 0.146 e. The second-order valence-electron chi connectivity index (χ2n) is 7.38. The van der Waals surface area contributed by atoms with Gasteiger partial charge in [0.2, 0.25) is 0 Å². The Labute approximate surface area is 160 Å². The van der Waals surface area contributed by atoms with E-state index in [0.29, 0.717) is 0 Å². The Morgan fingerprint density at radius 2 is 1.61 bits per heavy atom. The van der Waals surface area contributed by atoms with Gasteiger partial charge in [0.1, 0.15) is 11.2 Å². The quantitative estimate of drug-likeness (QED) is 0.352. The topological polar surface area (TPSA) is 43.1 Å². The normalized spacial score (nSPS) is 12.9. The smallest absolute Gasteiger partial charge is 0.146 e. The average Bonchev–Trinajstić information content (AvgIpc) is 3.32. The predicted octanol–water partition coefficient (Wildman–Crippen LogP) is 5.16. The lowest BCUT2D eigenvalue weighted by Crippen LogP contribution is -1.94. The predicted molar refractivity (Wildman–Crippen MR) is 112 cm³/mol. The fourth-order valence-corrected chi connectivity index (χ4v) is 4.82. The average molecular weight is 358 g/mol. The third-order valence-corrected chi connectivity index (χ3v) is 5.97. The first-order valence-corrected chi connectivity index (χ1v) is 9.42. The molecule has 0 unspecified atom stereocenters. The van der Waals surface area contributed by atoms with E-state index in [1.54, 1.807) is 0 Å². The van der Waals surface area contributed by atoms with Crippen LogP contribution < -0.4 is 0 Å². The monoisotopic (exact) mass is 358 g/mol. The van der Waals surface area contributed by atoms with E-state index in [9.17, 15) is 0 Å². The lowest BCUT2D eigenvalue weighted by Gasteiger charge is -2.13. The number of benzene rings is 2. The molecule has 28 heavy (non-hydrogen) atoms. The first-order chi connectivity index (χ1) is 13.9. The van der Waals surface area contributed by atoms with Gasteiger partial charge in [-0.05, 0) is 40.8 Å². The fourth-order valence-electron chi connectivity index (χ4n) is 4.82. The minimum Gasteiger partial charge on any atom is -0.291 e. The maximum absolute atomic E-state index is 4.95. The van der Waals surface area contributed by atoms with Gasteiger partial charge in [-0.1, -0.05) is 36.4 Å². The van der Waals surface area contributed by atoms with Gasteiger partial charge in [-0.3, -0.25) is 14.4 Å². The van der Waals surface area contributed by atoms with Crippen molar-refractivity contribution >= 4 is 38.4 Å². The van der Waals surface area contributed by atoms with Crippen molar-refractivity contribution in [1.29, 1.82) is 0 Å². The van der Waals surface area contributed by atoms with E-state index in [4.69, 9.17) is 4.98 Å². The summed E-state index contributed by atoms with van der Waals surface area (Å²) in [6.45, 7) is 0. The minimum absolute atomic E-state index is 0.911. The third-order valence-electron chi connectivity index (χ3n) is 5.97. The minimum atomic E-state index is 0.911. The summed E-state index contributed by atoms with van der Waals surface area (Å²) < 4.78 is 2.24. The zero-order valence-electron chi connectivity index (χ0n) is 14.9. The standard InChI is InChI=1S/C24H14N4/c1-2-4-16-14(3-1)11-15-5-6-17-23(22(15)16)18-12-25-9-7-20(18)28-21-8-10-26-13-19(21)27-24(17)28/h1-10,12-13H,11H2. The molecule has 0 saturated carbocycles. The van der Waals surface area contributed by atoms with Crippen LogP contribution in [-0.2, 0) is 6.42 Å². The first-order valence-electron chi connectivity index (χ1n) is 9.42. The van der Waals surface area contributed by atoms with Crippen LogP contribution in [0.4, 0.5) is 0 Å². The Morgan fingerprint density at radius 1 is 0.750 bits per heavy atom. The molecule has 0 spiro atoms. The summed E-state index contributed by atoms with van der Waals surface area (Å²) in [6, 6.07) is 17.3. The van der Waals surface area contributed by atoms with Crippen molar-refractivity contribution in [2.45, 2.75) is 6.42 Å². The summed E-state index contributed by atoms with van der Waals surface area (Å²) in [5, 5.41) is 3.57. The van der Waals surface area contributed by atoms with Gasteiger partial charge in [0, 0.05) is 34.7 Å². The molecule has 4 heterocycles.